The monoisotopic (exact) mass is 266 g/mol. The number of nitrogens with zero attached hydrogens (tertiary/aromatic N) is 4. The van der Waals surface area contributed by atoms with E-state index in [1.807, 2.05) is 4.90 Å². The van der Waals surface area contributed by atoms with E-state index in [1.54, 1.807) is 0 Å². The summed E-state index contributed by atoms with van der Waals surface area (Å²) in [6, 6.07) is 0. The van der Waals surface area contributed by atoms with Gasteiger partial charge >= 0.3 is 0 Å². The van der Waals surface area contributed by atoms with Gasteiger partial charge in [-0.3, -0.25) is 4.79 Å². The predicted octanol–water partition coefficient (Wildman–Crippen LogP) is 0.893. The number of rotatable bonds is 4. The second-order valence-electron chi connectivity index (χ2n) is 5.12. The fraction of sp³-hybridized carbons (Fsp3) is 0.750. The van der Waals surface area contributed by atoms with E-state index in [-0.39, 0.29) is 5.91 Å². The number of hydrogen-bond acceptors (Lipinski definition) is 4. The summed E-state index contributed by atoms with van der Waals surface area (Å²) in [5.74, 6) is 3.64. The Kier molecular flexibility index (Phi) is 3.28. The summed E-state index contributed by atoms with van der Waals surface area (Å²) in [7, 11) is 0. The first-order valence-electron chi connectivity index (χ1n) is 6.57. The molecule has 1 fully saturated rings. The molecule has 0 radical (unpaired) electrons. The number of aromatic nitrogens is 3. The van der Waals surface area contributed by atoms with Gasteiger partial charge in [-0.1, -0.05) is 0 Å². The van der Waals surface area contributed by atoms with Crippen molar-refractivity contribution in [2.24, 2.45) is 5.92 Å². The van der Waals surface area contributed by atoms with Crippen molar-refractivity contribution >= 4 is 18.5 Å². The van der Waals surface area contributed by atoms with Crippen molar-refractivity contribution < 1.29 is 4.79 Å². The summed E-state index contributed by atoms with van der Waals surface area (Å²) in [5.41, 5.74) is 0. The molecule has 0 bridgehead atoms. The van der Waals surface area contributed by atoms with Gasteiger partial charge in [0.2, 0.25) is 5.91 Å². The Hall–Kier alpha value is -1.04. The molecule has 1 saturated carbocycles. The third-order valence-electron chi connectivity index (χ3n) is 3.68. The summed E-state index contributed by atoms with van der Waals surface area (Å²) >= 11 is 4.10. The quantitative estimate of drug-likeness (QED) is 0.824. The first-order chi connectivity index (χ1) is 8.78. The first kappa shape index (κ1) is 12.0. The Morgan fingerprint density at radius 1 is 1.33 bits per heavy atom. The number of carbonyl (C=O) groups is 1. The van der Waals surface area contributed by atoms with Gasteiger partial charge in [0.1, 0.15) is 5.82 Å². The zero-order chi connectivity index (χ0) is 12.5. The van der Waals surface area contributed by atoms with Crippen LogP contribution >= 0.6 is 12.6 Å². The molecule has 2 aliphatic rings. The summed E-state index contributed by atoms with van der Waals surface area (Å²) < 4.78 is 2.20. The Morgan fingerprint density at radius 3 is 2.89 bits per heavy atom. The first-order valence-corrected chi connectivity index (χ1v) is 7.20. The smallest absolute Gasteiger partial charge is 0.223 e. The molecule has 0 spiro atoms. The van der Waals surface area contributed by atoms with Crippen LogP contribution in [0.2, 0.25) is 0 Å². The minimum atomic E-state index is 0.169. The minimum Gasteiger partial charge on any atom is -0.333 e. The van der Waals surface area contributed by atoms with Crippen molar-refractivity contribution in [3.8, 4) is 0 Å². The van der Waals surface area contributed by atoms with Gasteiger partial charge in [-0.15, -0.1) is 10.2 Å². The van der Waals surface area contributed by atoms with Crippen LogP contribution in [0.5, 0.6) is 0 Å². The minimum absolute atomic E-state index is 0.169. The fourth-order valence-electron chi connectivity index (χ4n) is 2.42. The molecule has 0 aromatic carbocycles. The molecular formula is C12H18N4OS. The van der Waals surface area contributed by atoms with Crippen molar-refractivity contribution in [1.82, 2.24) is 19.7 Å². The second kappa shape index (κ2) is 4.91. The van der Waals surface area contributed by atoms with Gasteiger partial charge in [-0.25, -0.2) is 0 Å². The van der Waals surface area contributed by atoms with Crippen molar-refractivity contribution in [3.05, 3.63) is 11.6 Å². The molecule has 1 aromatic rings. The summed E-state index contributed by atoms with van der Waals surface area (Å²) in [6.45, 7) is 2.21. The summed E-state index contributed by atoms with van der Waals surface area (Å²) in [4.78, 5) is 13.7. The van der Waals surface area contributed by atoms with Crippen molar-refractivity contribution in [1.29, 1.82) is 0 Å². The Bertz CT molecular complexity index is 455. The summed E-state index contributed by atoms with van der Waals surface area (Å²) in [6.07, 6.45) is 4.22. The molecule has 6 heteroatoms. The highest BCUT2D eigenvalue weighted by Crippen LogP contribution is 2.32. The fourth-order valence-corrected chi connectivity index (χ4v) is 2.61. The molecular weight excluding hydrogens is 248 g/mol. The normalized spacial score (nSPS) is 18.8. The Balaban J connectivity index is 1.69. The van der Waals surface area contributed by atoms with Gasteiger partial charge in [-0.05, 0) is 24.5 Å². The van der Waals surface area contributed by atoms with Gasteiger partial charge in [0, 0.05) is 25.9 Å². The maximum atomic E-state index is 11.8. The molecule has 1 aliphatic carbocycles. The zero-order valence-electron chi connectivity index (χ0n) is 10.4. The second-order valence-corrected chi connectivity index (χ2v) is 5.57. The number of fused-ring (bicyclic) bond motifs is 1. The molecule has 98 valence electrons. The average Bonchev–Trinajstić information content (AvgIpc) is 3.10. The Labute approximate surface area is 112 Å². The van der Waals surface area contributed by atoms with E-state index in [9.17, 15) is 4.79 Å². The average molecular weight is 266 g/mol. The molecule has 0 atom stereocenters. The SMILES string of the molecule is O=C(CCS)N1CCn2c(CC3CC3)nnc2C1. The van der Waals surface area contributed by atoms with Crippen LogP contribution in [0.25, 0.3) is 0 Å². The maximum Gasteiger partial charge on any atom is 0.223 e. The molecule has 18 heavy (non-hydrogen) atoms. The molecule has 5 nitrogen and oxygen atoms in total. The van der Waals surface area contributed by atoms with E-state index in [0.29, 0.717) is 18.7 Å². The van der Waals surface area contributed by atoms with Crippen LogP contribution < -0.4 is 0 Å². The van der Waals surface area contributed by atoms with Crippen LogP contribution in [0.1, 0.15) is 30.9 Å². The van der Waals surface area contributed by atoms with Gasteiger partial charge in [0.15, 0.2) is 5.82 Å². The molecule has 0 saturated heterocycles. The lowest BCUT2D eigenvalue weighted by molar-refractivity contribution is -0.132. The summed E-state index contributed by atoms with van der Waals surface area (Å²) in [5, 5.41) is 8.51. The van der Waals surface area contributed by atoms with Crippen LogP contribution in [0, 0.1) is 5.92 Å². The standard InChI is InChI=1S/C12H18N4OS/c17-12(3-6-18)15-4-5-16-10(7-9-1-2-9)13-14-11(16)8-15/h9,18H,1-8H2. The van der Waals surface area contributed by atoms with Crippen LogP contribution in [0.15, 0.2) is 0 Å². The van der Waals surface area contributed by atoms with E-state index < -0.39 is 0 Å². The number of thiol groups is 1. The zero-order valence-corrected chi connectivity index (χ0v) is 11.3. The van der Waals surface area contributed by atoms with Gasteiger partial charge < -0.3 is 9.47 Å². The highest BCUT2D eigenvalue weighted by Gasteiger charge is 2.28. The third kappa shape index (κ3) is 2.39. The number of hydrogen-bond donors (Lipinski definition) is 1. The van der Waals surface area contributed by atoms with Crippen molar-refractivity contribution in [3.63, 3.8) is 0 Å². The Morgan fingerprint density at radius 2 is 2.17 bits per heavy atom. The van der Waals surface area contributed by atoms with E-state index in [1.165, 1.54) is 12.8 Å². The molecule has 0 N–H and O–H groups in total. The third-order valence-corrected chi connectivity index (χ3v) is 3.90. The highest BCUT2D eigenvalue weighted by molar-refractivity contribution is 7.80. The van der Waals surface area contributed by atoms with Crippen molar-refractivity contribution in [2.75, 3.05) is 12.3 Å². The number of carbonyl (C=O) groups excluding carboxylic acids is 1. The molecule has 1 aliphatic heterocycles. The lowest BCUT2D eigenvalue weighted by atomic mass is 10.2. The van der Waals surface area contributed by atoms with Crippen LogP contribution in [0.3, 0.4) is 0 Å². The molecule has 3 rings (SSSR count). The van der Waals surface area contributed by atoms with Gasteiger partial charge in [-0.2, -0.15) is 12.6 Å². The van der Waals surface area contributed by atoms with E-state index in [4.69, 9.17) is 0 Å². The van der Waals surface area contributed by atoms with Gasteiger partial charge in [0.05, 0.1) is 6.54 Å². The molecule has 2 heterocycles. The molecule has 1 aromatic heterocycles. The van der Waals surface area contributed by atoms with E-state index in [2.05, 4.69) is 27.4 Å². The lowest BCUT2D eigenvalue weighted by Gasteiger charge is -2.27. The van der Waals surface area contributed by atoms with E-state index in [0.717, 1.165) is 37.1 Å². The van der Waals surface area contributed by atoms with Crippen LogP contribution in [-0.2, 0) is 24.3 Å². The number of amides is 1. The van der Waals surface area contributed by atoms with Crippen LogP contribution in [-0.4, -0.2) is 37.9 Å². The van der Waals surface area contributed by atoms with Gasteiger partial charge in [0.25, 0.3) is 0 Å². The maximum absolute atomic E-state index is 11.8. The molecule has 1 amide bonds. The molecule has 0 unspecified atom stereocenters. The topological polar surface area (TPSA) is 51.0 Å². The lowest BCUT2D eigenvalue weighted by Crippen LogP contribution is -2.38. The van der Waals surface area contributed by atoms with Crippen LogP contribution in [0.4, 0.5) is 0 Å². The van der Waals surface area contributed by atoms with E-state index >= 15 is 0 Å². The van der Waals surface area contributed by atoms with Crippen molar-refractivity contribution in [2.45, 2.75) is 38.8 Å². The predicted molar refractivity (Wildman–Crippen MR) is 70.3 cm³/mol. The largest absolute Gasteiger partial charge is 0.333 e. The highest BCUT2D eigenvalue weighted by atomic mass is 32.1.